The van der Waals surface area contributed by atoms with Crippen molar-refractivity contribution in [2.24, 2.45) is 7.05 Å². The number of nitrogens with zero attached hydrogens (tertiary/aromatic N) is 4. The summed E-state index contributed by atoms with van der Waals surface area (Å²) in [7, 11) is 1.83. The van der Waals surface area contributed by atoms with Gasteiger partial charge in [-0.3, -0.25) is 9.48 Å². The number of aromatic nitrogens is 4. The number of carbonyl (C=O) groups excluding carboxylic acids is 1. The van der Waals surface area contributed by atoms with Crippen LogP contribution in [-0.4, -0.2) is 31.9 Å². The summed E-state index contributed by atoms with van der Waals surface area (Å²) in [5, 5.41) is 15.4. The van der Waals surface area contributed by atoms with Crippen LogP contribution in [0.25, 0.3) is 11.6 Å². The molecule has 1 N–H and O–H groups in total. The molecule has 0 atom stereocenters. The van der Waals surface area contributed by atoms with Gasteiger partial charge in [-0.1, -0.05) is 12.8 Å². The fraction of sp³-hybridized carbons (Fsp3) is 0.600. The maximum Gasteiger partial charge on any atom is 0.265 e. The molecule has 3 rings (SSSR count). The molecule has 1 amide bonds. The summed E-state index contributed by atoms with van der Waals surface area (Å²) in [6, 6.07) is 2.24. The first-order valence-electron chi connectivity index (χ1n) is 7.74. The van der Waals surface area contributed by atoms with E-state index in [0.29, 0.717) is 30.7 Å². The summed E-state index contributed by atoms with van der Waals surface area (Å²) in [6.07, 6.45) is 5.45. The summed E-state index contributed by atoms with van der Waals surface area (Å²) < 4.78 is 7.33. The van der Waals surface area contributed by atoms with Crippen LogP contribution in [0.15, 0.2) is 10.5 Å². The van der Waals surface area contributed by atoms with E-state index in [0.717, 1.165) is 24.2 Å². The third-order valence-corrected chi connectivity index (χ3v) is 3.97. The van der Waals surface area contributed by atoms with Crippen molar-refractivity contribution < 1.29 is 9.21 Å². The Morgan fingerprint density at radius 2 is 2.18 bits per heavy atom. The third-order valence-electron chi connectivity index (χ3n) is 3.97. The van der Waals surface area contributed by atoms with Crippen molar-refractivity contribution in [2.75, 3.05) is 0 Å². The first-order chi connectivity index (χ1) is 10.6. The van der Waals surface area contributed by atoms with E-state index in [-0.39, 0.29) is 5.91 Å². The Morgan fingerprint density at radius 3 is 2.86 bits per heavy atom. The summed E-state index contributed by atoms with van der Waals surface area (Å²) in [4.78, 5) is 11.9. The van der Waals surface area contributed by atoms with Crippen LogP contribution < -0.4 is 5.32 Å². The van der Waals surface area contributed by atoms with Gasteiger partial charge in [-0.05, 0) is 25.8 Å². The lowest BCUT2D eigenvalue weighted by atomic mass is 10.2. The molecule has 1 saturated carbocycles. The van der Waals surface area contributed by atoms with Crippen LogP contribution in [0, 0.1) is 6.92 Å². The summed E-state index contributed by atoms with van der Waals surface area (Å²) in [5.41, 5.74) is 1.68. The van der Waals surface area contributed by atoms with Gasteiger partial charge in [0.25, 0.3) is 5.89 Å². The Bertz CT molecular complexity index is 655. The van der Waals surface area contributed by atoms with Crippen LogP contribution in [0.2, 0.25) is 0 Å². The highest BCUT2D eigenvalue weighted by molar-refractivity contribution is 5.76. The fourth-order valence-corrected chi connectivity index (χ4v) is 2.86. The molecule has 2 aromatic rings. The predicted molar refractivity (Wildman–Crippen MR) is 80.0 cm³/mol. The molecule has 1 fully saturated rings. The maximum atomic E-state index is 11.9. The van der Waals surface area contributed by atoms with E-state index in [9.17, 15) is 4.79 Å². The minimum Gasteiger partial charge on any atom is -0.419 e. The van der Waals surface area contributed by atoms with E-state index in [2.05, 4.69) is 20.6 Å². The molecule has 7 nitrogen and oxygen atoms in total. The maximum absolute atomic E-state index is 11.9. The predicted octanol–water partition coefficient (Wildman–Crippen LogP) is 1.77. The Balaban J connectivity index is 1.55. The minimum atomic E-state index is 0.0584. The molecule has 0 radical (unpaired) electrons. The molecule has 2 aromatic heterocycles. The van der Waals surface area contributed by atoms with Crippen LogP contribution in [0.4, 0.5) is 0 Å². The van der Waals surface area contributed by atoms with Gasteiger partial charge < -0.3 is 9.73 Å². The second kappa shape index (κ2) is 6.29. The average Bonchev–Trinajstić information content (AvgIpc) is 3.18. The van der Waals surface area contributed by atoms with Crippen molar-refractivity contribution >= 4 is 5.91 Å². The third kappa shape index (κ3) is 3.35. The number of nitrogens with one attached hydrogen (secondary N) is 1. The molecule has 1 aliphatic rings. The molecule has 7 heteroatoms. The molecule has 0 unspecified atom stereocenters. The molecule has 118 valence electrons. The van der Waals surface area contributed by atoms with Gasteiger partial charge in [-0.15, -0.1) is 10.2 Å². The first-order valence-corrected chi connectivity index (χ1v) is 7.74. The van der Waals surface area contributed by atoms with Gasteiger partial charge in [0, 0.05) is 25.9 Å². The highest BCUT2D eigenvalue weighted by atomic mass is 16.4. The fourth-order valence-electron chi connectivity index (χ4n) is 2.86. The van der Waals surface area contributed by atoms with E-state index in [1.165, 1.54) is 12.8 Å². The highest BCUT2D eigenvalue weighted by Gasteiger charge is 2.18. The molecule has 0 aromatic carbocycles. The second-order valence-electron chi connectivity index (χ2n) is 5.84. The lowest BCUT2D eigenvalue weighted by Crippen LogP contribution is -2.32. The van der Waals surface area contributed by atoms with E-state index in [1.807, 2.05) is 20.0 Å². The smallest absolute Gasteiger partial charge is 0.265 e. The van der Waals surface area contributed by atoms with Crippen LogP contribution in [0.5, 0.6) is 0 Å². The summed E-state index contributed by atoms with van der Waals surface area (Å²) in [6.45, 7) is 1.91. The lowest BCUT2D eigenvalue weighted by Gasteiger charge is -2.10. The van der Waals surface area contributed by atoms with Gasteiger partial charge in [-0.25, -0.2) is 0 Å². The SMILES string of the molecule is Cc1cc(-c2nnc(CCC(=O)NC3CCCC3)o2)n(C)n1. The van der Waals surface area contributed by atoms with Crippen molar-refractivity contribution in [2.45, 2.75) is 51.5 Å². The molecular formula is C15H21N5O2. The molecule has 0 spiro atoms. The van der Waals surface area contributed by atoms with Crippen LogP contribution >= 0.6 is 0 Å². The van der Waals surface area contributed by atoms with Gasteiger partial charge in [-0.2, -0.15) is 5.10 Å². The zero-order valence-electron chi connectivity index (χ0n) is 13.0. The number of carbonyl (C=O) groups is 1. The lowest BCUT2D eigenvalue weighted by molar-refractivity contribution is -0.121. The Labute approximate surface area is 129 Å². The molecule has 1 aliphatic carbocycles. The highest BCUT2D eigenvalue weighted by Crippen LogP contribution is 2.19. The van der Waals surface area contributed by atoms with Gasteiger partial charge >= 0.3 is 0 Å². The summed E-state index contributed by atoms with van der Waals surface area (Å²) >= 11 is 0. The van der Waals surface area contributed by atoms with Gasteiger partial charge in [0.05, 0.1) is 5.69 Å². The average molecular weight is 303 g/mol. The molecule has 22 heavy (non-hydrogen) atoms. The zero-order chi connectivity index (χ0) is 15.5. The van der Waals surface area contributed by atoms with Crippen LogP contribution in [0.1, 0.15) is 43.7 Å². The van der Waals surface area contributed by atoms with E-state index in [4.69, 9.17) is 4.42 Å². The number of hydrogen-bond donors (Lipinski definition) is 1. The van der Waals surface area contributed by atoms with Crippen molar-refractivity contribution in [3.05, 3.63) is 17.7 Å². The molecule has 0 bridgehead atoms. The first kappa shape index (κ1) is 14.7. The monoisotopic (exact) mass is 303 g/mol. The van der Waals surface area contributed by atoms with Crippen LogP contribution in [-0.2, 0) is 18.3 Å². The number of rotatable bonds is 5. The van der Waals surface area contributed by atoms with Gasteiger partial charge in [0.15, 0.2) is 0 Å². The Hall–Kier alpha value is -2.18. The summed E-state index contributed by atoms with van der Waals surface area (Å²) in [5.74, 6) is 0.979. The molecule has 0 aliphatic heterocycles. The molecular weight excluding hydrogens is 282 g/mol. The molecule has 2 heterocycles. The van der Waals surface area contributed by atoms with Crippen molar-refractivity contribution in [3.63, 3.8) is 0 Å². The van der Waals surface area contributed by atoms with Crippen LogP contribution in [0.3, 0.4) is 0 Å². The second-order valence-corrected chi connectivity index (χ2v) is 5.84. The quantitative estimate of drug-likeness (QED) is 0.909. The Morgan fingerprint density at radius 1 is 1.41 bits per heavy atom. The van der Waals surface area contributed by atoms with Gasteiger partial charge in [0.2, 0.25) is 11.8 Å². The number of hydrogen-bond acceptors (Lipinski definition) is 5. The van der Waals surface area contributed by atoms with Crippen molar-refractivity contribution in [1.29, 1.82) is 0 Å². The number of aryl methyl sites for hydroxylation is 3. The van der Waals surface area contributed by atoms with Gasteiger partial charge in [0.1, 0.15) is 5.69 Å². The normalized spacial score (nSPS) is 15.4. The largest absolute Gasteiger partial charge is 0.419 e. The molecule has 0 saturated heterocycles. The minimum absolute atomic E-state index is 0.0584. The van der Waals surface area contributed by atoms with E-state index in [1.54, 1.807) is 4.68 Å². The number of amides is 1. The van der Waals surface area contributed by atoms with Crippen molar-refractivity contribution in [1.82, 2.24) is 25.3 Å². The zero-order valence-corrected chi connectivity index (χ0v) is 13.0. The topological polar surface area (TPSA) is 85.8 Å². The Kier molecular flexibility index (Phi) is 4.22. The standard InChI is InChI=1S/C15H21N5O2/c1-10-9-12(20(2)19-10)15-18-17-14(22-15)8-7-13(21)16-11-5-3-4-6-11/h9,11H,3-8H2,1-2H3,(H,16,21). The van der Waals surface area contributed by atoms with Crippen molar-refractivity contribution in [3.8, 4) is 11.6 Å². The van der Waals surface area contributed by atoms with E-state index < -0.39 is 0 Å². The van der Waals surface area contributed by atoms with E-state index >= 15 is 0 Å².